The molecule has 46 valence electrons. The van der Waals surface area contributed by atoms with Crippen molar-refractivity contribution in [3.63, 3.8) is 0 Å². The third-order valence-electron chi connectivity index (χ3n) is 1.95. The van der Waals surface area contributed by atoms with Gasteiger partial charge in [-0.2, -0.15) is 0 Å². The van der Waals surface area contributed by atoms with E-state index in [0.717, 1.165) is 19.3 Å². The maximum Gasteiger partial charge on any atom is 0.149 e. The molecule has 0 unspecified atom stereocenters. The summed E-state index contributed by atoms with van der Waals surface area (Å²) >= 11 is 0. The highest BCUT2D eigenvalue weighted by Crippen LogP contribution is 2.29. The second-order valence-electron chi connectivity index (χ2n) is 2.57. The fraction of sp³-hybridized carbons (Fsp3) is 0.833. The lowest BCUT2D eigenvalue weighted by Crippen LogP contribution is -2.52. The lowest BCUT2D eigenvalue weighted by Gasteiger charge is -2.35. The number of Topliss-reactive ketones (excluding diaryl/α,β-unsaturated/α-hetero) is 1. The molecule has 0 bridgehead atoms. The molecule has 0 radical (unpaired) electrons. The van der Waals surface area contributed by atoms with E-state index in [9.17, 15) is 4.79 Å². The van der Waals surface area contributed by atoms with E-state index in [1.807, 2.05) is 0 Å². The molecule has 2 nitrogen and oxygen atoms in total. The molecule has 1 saturated carbocycles. The smallest absolute Gasteiger partial charge is 0.149 e. The first-order chi connectivity index (χ1) is 3.65. The van der Waals surface area contributed by atoms with Gasteiger partial charge in [0, 0.05) is 0 Å². The summed E-state index contributed by atoms with van der Waals surface area (Å²) in [6, 6.07) is 0. The molecule has 0 aromatic carbocycles. The van der Waals surface area contributed by atoms with E-state index in [2.05, 4.69) is 0 Å². The van der Waals surface area contributed by atoms with E-state index < -0.39 is 5.54 Å². The number of carbonyl (C=O) groups excluding carboxylic acids is 1. The summed E-state index contributed by atoms with van der Waals surface area (Å²) in [5, 5.41) is 0. The molecule has 0 heterocycles. The van der Waals surface area contributed by atoms with Crippen molar-refractivity contribution in [3.05, 3.63) is 0 Å². The van der Waals surface area contributed by atoms with Crippen molar-refractivity contribution in [1.29, 1.82) is 0 Å². The molecule has 0 atom stereocenters. The van der Waals surface area contributed by atoms with Gasteiger partial charge in [-0.3, -0.25) is 4.79 Å². The highest BCUT2D eigenvalue weighted by atomic mass is 16.1. The normalized spacial score (nSPS) is 24.2. The number of ketones is 1. The van der Waals surface area contributed by atoms with Crippen LogP contribution in [0.1, 0.15) is 26.2 Å². The Hall–Kier alpha value is -0.370. The summed E-state index contributed by atoms with van der Waals surface area (Å²) in [4.78, 5) is 10.6. The molecule has 0 aromatic heterocycles. The van der Waals surface area contributed by atoms with Crippen LogP contribution >= 0.6 is 0 Å². The van der Waals surface area contributed by atoms with Crippen LogP contribution in [0, 0.1) is 0 Å². The fourth-order valence-corrected chi connectivity index (χ4v) is 0.910. The maximum absolute atomic E-state index is 10.6. The van der Waals surface area contributed by atoms with Gasteiger partial charge in [-0.25, -0.2) is 0 Å². The Labute approximate surface area is 49.1 Å². The van der Waals surface area contributed by atoms with Crippen LogP contribution in [0.3, 0.4) is 0 Å². The number of hydrogen-bond donors (Lipinski definition) is 1. The Morgan fingerprint density at radius 1 is 1.62 bits per heavy atom. The Morgan fingerprint density at radius 3 is 2.12 bits per heavy atom. The van der Waals surface area contributed by atoms with E-state index in [1.165, 1.54) is 0 Å². The second-order valence-corrected chi connectivity index (χ2v) is 2.57. The van der Waals surface area contributed by atoms with E-state index >= 15 is 0 Å². The predicted molar refractivity (Wildman–Crippen MR) is 31.5 cm³/mol. The van der Waals surface area contributed by atoms with E-state index in [4.69, 9.17) is 5.73 Å². The Balaban J connectivity index is 2.53. The van der Waals surface area contributed by atoms with Gasteiger partial charge in [-0.05, 0) is 26.2 Å². The molecule has 1 fully saturated rings. The number of hydrogen-bond acceptors (Lipinski definition) is 2. The van der Waals surface area contributed by atoms with Gasteiger partial charge >= 0.3 is 0 Å². The van der Waals surface area contributed by atoms with E-state index in [1.54, 1.807) is 6.92 Å². The number of nitrogens with two attached hydrogens (primary N) is 1. The second kappa shape index (κ2) is 1.55. The van der Waals surface area contributed by atoms with Crippen molar-refractivity contribution in [1.82, 2.24) is 0 Å². The Morgan fingerprint density at radius 2 is 2.12 bits per heavy atom. The van der Waals surface area contributed by atoms with Crippen LogP contribution in [0.15, 0.2) is 0 Å². The zero-order valence-electron chi connectivity index (χ0n) is 5.11. The van der Waals surface area contributed by atoms with Gasteiger partial charge in [0.25, 0.3) is 0 Å². The minimum Gasteiger partial charge on any atom is -0.319 e. The summed E-state index contributed by atoms with van der Waals surface area (Å²) in [6.45, 7) is 1.57. The fourth-order valence-electron chi connectivity index (χ4n) is 0.910. The van der Waals surface area contributed by atoms with Crippen molar-refractivity contribution in [2.24, 2.45) is 5.73 Å². The summed E-state index contributed by atoms with van der Waals surface area (Å²) in [5.74, 6) is 0.142. The van der Waals surface area contributed by atoms with Crippen molar-refractivity contribution >= 4 is 5.78 Å². The largest absolute Gasteiger partial charge is 0.319 e. The van der Waals surface area contributed by atoms with Gasteiger partial charge in [0.2, 0.25) is 0 Å². The van der Waals surface area contributed by atoms with Gasteiger partial charge in [0.1, 0.15) is 5.78 Å². The molecule has 2 N–H and O–H groups in total. The molecule has 8 heavy (non-hydrogen) atoms. The van der Waals surface area contributed by atoms with Gasteiger partial charge in [0.05, 0.1) is 5.54 Å². The first kappa shape index (κ1) is 5.76. The molecular formula is C6H11NO. The molecule has 2 heteroatoms. The monoisotopic (exact) mass is 113 g/mol. The molecule has 1 aliphatic rings. The number of rotatable bonds is 1. The zero-order chi connectivity index (χ0) is 6.20. The first-order valence-electron chi connectivity index (χ1n) is 2.95. The van der Waals surface area contributed by atoms with Gasteiger partial charge < -0.3 is 5.73 Å². The number of carbonyl (C=O) groups is 1. The quantitative estimate of drug-likeness (QED) is 0.536. The molecule has 0 spiro atoms. The molecular weight excluding hydrogens is 102 g/mol. The molecule has 0 aromatic rings. The lowest BCUT2D eigenvalue weighted by atomic mass is 9.75. The van der Waals surface area contributed by atoms with Crippen LogP contribution in [0.5, 0.6) is 0 Å². The predicted octanol–water partition coefficient (Wildman–Crippen LogP) is 0.457. The third kappa shape index (κ3) is 0.650. The van der Waals surface area contributed by atoms with Gasteiger partial charge in [0.15, 0.2) is 0 Å². The topological polar surface area (TPSA) is 43.1 Å². The van der Waals surface area contributed by atoms with Crippen LogP contribution in [0.4, 0.5) is 0 Å². The van der Waals surface area contributed by atoms with Crippen molar-refractivity contribution in [3.8, 4) is 0 Å². The third-order valence-corrected chi connectivity index (χ3v) is 1.95. The van der Waals surface area contributed by atoms with E-state index in [-0.39, 0.29) is 5.78 Å². The van der Waals surface area contributed by atoms with E-state index in [0.29, 0.717) is 0 Å². The molecule has 1 aliphatic carbocycles. The molecule has 0 amide bonds. The molecule has 1 rings (SSSR count). The Bertz CT molecular complexity index is 116. The van der Waals surface area contributed by atoms with Gasteiger partial charge in [-0.15, -0.1) is 0 Å². The van der Waals surface area contributed by atoms with Crippen molar-refractivity contribution in [2.75, 3.05) is 0 Å². The van der Waals surface area contributed by atoms with Crippen LogP contribution in [-0.4, -0.2) is 11.3 Å². The summed E-state index contributed by atoms with van der Waals surface area (Å²) in [5.41, 5.74) is 5.18. The minimum atomic E-state index is -0.417. The van der Waals surface area contributed by atoms with Crippen LogP contribution in [-0.2, 0) is 4.79 Å². The minimum absolute atomic E-state index is 0.142. The highest BCUT2D eigenvalue weighted by molar-refractivity contribution is 5.86. The van der Waals surface area contributed by atoms with Crippen LogP contribution < -0.4 is 5.73 Å². The van der Waals surface area contributed by atoms with Crippen molar-refractivity contribution in [2.45, 2.75) is 31.7 Å². The maximum atomic E-state index is 10.6. The molecule has 0 aliphatic heterocycles. The lowest BCUT2D eigenvalue weighted by molar-refractivity contribution is -0.124. The zero-order valence-corrected chi connectivity index (χ0v) is 5.11. The Kier molecular flexibility index (Phi) is 1.12. The standard InChI is InChI=1S/C6H11NO/c1-5(8)6(7)3-2-4-6/h2-4,7H2,1H3. The summed E-state index contributed by atoms with van der Waals surface area (Å²) in [6.07, 6.45) is 2.90. The van der Waals surface area contributed by atoms with Gasteiger partial charge in [-0.1, -0.05) is 0 Å². The SMILES string of the molecule is CC(=O)C1(N)CCC1. The van der Waals surface area contributed by atoms with Crippen LogP contribution in [0.2, 0.25) is 0 Å². The first-order valence-corrected chi connectivity index (χ1v) is 2.95. The van der Waals surface area contributed by atoms with Crippen molar-refractivity contribution < 1.29 is 4.79 Å². The molecule has 0 saturated heterocycles. The summed E-state index contributed by atoms with van der Waals surface area (Å²) in [7, 11) is 0. The van der Waals surface area contributed by atoms with Crippen LogP contribution in [0.25, 0.3) is 0 Å². The summed E-state index contributed by atoms with van der Waals surface area (Å²) < 4.78 is 0. The average molecular weight is 113 g/mol. The average Bonchev–Trinajstić information content (AvgIpc) is 1.60. The highest BCUT2D eigenvalue weighted by Gasteiger charge is 2.36.